The number of methoxy groups -OCH3 is 1. The van der Waals surface area contributed by atoms with Gasteiger partial charge >= 0.3 is 6.03 Å². The summed E-state index contributed by atoms with van der Waals surface area (Å²) in [6.07, 6.45) is 1.25. The van der Waals surface area contributed by atoms with Crippen LogP contribution in [0.4, 0.5) is 19.3 Å². The van der Waals surface area contributed by atoms with Crippen molar-refractivity contribution < 1.29 is 32.6 Å². The number of anilines is 1. The predicted octanol–water partition coefficient (Wildman–Crippen LogP) is 4.22. The zero-order valence-electron chi connectivity index (χ0n) is 17.9. The Kier molecular flexibility index (Phi) is 6.35. The number of hydrogen-bond donors (Lipinski definition) is 1. The summed E-state index contributed by atoms with van der Waals surface area (Å²) >= 11 is 0. The first-order valence-corrected chi connectivity index (χ1v) is 10.1. The summed E-state index contributed by atoms with van der Waals surface area (Å²) in [5.41, 5.74) is 0.348. The van der Waals surface area contributed by atoms with Gasteiger partial charge in [-0.1, -0.05) is 24.3 Å². The first-order chi connectivity index (χ1) is 16.4. The van der Waals surface area contributed by atoms with E-state index in [-0.39, 0.29) is 29.4 Å². The van der Waals surface area contributed by atoms with Gasteiger partial charge in [-0.05, 0) is 48.0 Å². The number of benzene rings is 3. The SMILES string of the molecule is COc1ccc(/C=C2/C(=O)NC(=O)N(c3ccccc3F)C2=O)c(OCc2ccc(F)cc2)c1. The molecular formula is C25H18F2N2O5. The van der Waals surface area contributed by atoms with Crippen molar-refractivity contribution >= 4 is 29.6 Å². The second kappa shape index (κ2) is 9.53. The van der Waals surface area contributed by atoms with E-state index in [0.29, 0.717) is 21.8 Å². The van der Waals surface area contributed by atoms with E-state index in [1.807, 2.05) is 0 Å². The Morgan fingerprint density at radius 2 is 1.71 bits per heavy atom. The lowest BCUT2D eigenvalue weighted by atomic mass is 10.1. The molecule has 1 aliphatic heterocycles. The quantitative estimate of drug-likeness (QED) is 0.436. The summed E-state index contributed by atoms with van der Waals surface area (Å²) in [5.74, 6) is -2.37. The van der Waals surface area contributed by atoms with Gasteiger partial charge in [0, 0.05) is 11.6 Å². The van der Waals surface area contributed by atoms with Crippen molar-refractivity contribution in [2.45, 2.75) is 6.61 Å². The number of nitrogens with zero attached hydrogens (tertiary/aromatic N) is 1. The lowest BCUT2D eigenvalue weighted by Gasteiger charge is -2.26. The largest absolute Gasteiger partial charge is 0.497 e. The molecule has 0 unspecified atom stereocenters. The molecule has 3 aromatic rings. The lowest BCUT2D eigenvalue weighted by Crippen LogP contribution is -2.54. The van der Waals surface area contributed by atoms with Crippen LogP contribution in [0.5, 0.6) is 11.5 Å². The summed E-state index contributed by atoms with van der Waals surface area (Å²) in [4.78, 5) is 38.4. The van der Waals surface area contributed by atoms with Gasteiger partial charge in [-0.15, -0.1) is 0 Å². The number of carbonyl (C=O) groups excluding carboxylic acids is 3. The highest BCUT2D eigenvalue weighted by Crippen LogP contribution is 2.30. The predicted molar refractivity (Wildman–Crippen MR) is 119 cm³/mol. The second-order valence-corrected chi connectivity index (χ2v) is 7.23. The van der Waals surface area contributed by atoms with Gasteiger partial charge in [0.1, 0.15) is 35.3 Å². The van der Waals surface area contributed by atoms with Crippen LogP contribution >= 0.6 is 0 Å². The van der Waals surface area contributed by atoms with Crippen LogP contribution in [-0.4, -0.2) is 25.0 Å². The first-order valence-electron chi connectivity index (χ1n) is 10.1. The van der Waals surface area contributed by atoms with Crippen LogP contribution in [-0.2, 0) is 16.2 Å². The average molecular weight is 464 g/mol. The highest BCUT2D eigenvalue weighted by molar-refractivity contribution is 6.39. The minimum atomic E-state index is -1.06. The Morgan fingerprint density at radius 3 is 2.41 bits per heavy atom. The maximum Gasteiger partial charge on any atom is 0.336 e. The van der Waals surface area contributed by atoms with Crippen LogP contribution in [0.25, 0.3) is 6.08 Å². The fourth-order valence-electron chi connectivity index (χ4n) is 3.29. The van der Waals surface area contributed by atoms with Gasteiger partial charge in [-0.25, -0.2) is 18.5 Å². The summed E-state index contributed by atoms with van der Waals surface area (Å²) in [5, 5.41) is 2.05. The van der Waals surface area contributed by atoms with Crippen molar-refractivity contribution in [3.05, 3.63) is 95.1 Å². The molecule has 1 N–H and O–H groups in total. The third-order valence-electron chi connectivity index (χ3n) is 5.02. The Bertz CT molecular complexity index is 1300. The summed E-state index contributed by atoms with van der Waals surface area (Å²) in [7, 11) is 1.47. The van der Waals surface area contributed by atoms with Crippen molar-refractivity contribution in [1.29, 1.82) is 0 Å². The number of urea groups is 1. The van der Waals surface area contributed by atoms with E-state index in [1.165, 1.54) is 43.5 Å². The molecule has 1 heterocycles. The Morgan fingerprint density at radius 1 is 0.971 bits per heavy atom. The Balaban J connectivity index is 1.69. The fourth-order valence-corrected chi connectivity index (χ4v) is 3.29. The van der Waals surface area contributed by atoms with E-state index in [0.717, 1.165) is 6.07 Å². The number of carbonyl (C=O) groups is 3. The molecule has 4 amide bonds. The third-order valence-corrected chi connectivity index (χ3v) is 5.02. The molecule has 1 fully saturated rings. The van der Waals surface area contributed by atoms with E-state index >= 15 is 0 Å². The maximum atomic E-state index is 14.3. The summed E-state index contributed by atoms with van der Waals surface area (Å²) in [6.45, 7) is 0.0730. The van der Waals surface area contributed by atoms with Crippen LogP contribution in [0.15, 0.2) is 72.3 Å². The van der Waals surface area contributed by atoms with E-state index < -0.39 is 23.7 Å². The number of rotatable bonds is 6. The molecule has 0 radical (unpaired) electrons. The molecule has 0 aliphatic carbocycles. The highest BCUT2D eigenvalue weighted by Gasteiger charge is 2.38. The number of para-hydroxylation sites is 1. The zero-order chi connectivity index (χ0) is 24.2. The third kappa shape index (κ3) is 4.63. The molecule has 7 nitrogen and oxygen atoms in total. The van der Waals surface area contributed by atoms with Gasteiger partial charge in [-0.3, -0.25) is 14.9 Å². The molecule has 0 atom stereocenters. The molecule has 34 heavy (non-hydrogen) atoms. The number of halogens is 2. The van der Waals surface area contributed by atoms with Gasteiger partial charge in [0.25, 0.3) is 11.8 Å². The second-order valence-electron chi connectivity index (χ2n) is 7.23. The zero-order valence-corrected chi connectivity index (χ0v) is 17.9. The molecular weight excluding hydrogens is 446 g/mol. The minimum absolute atomic E-state index is 0.0730. The van der Waals surface area contributed by atoms with Gasteiger partial charge in [0.05, 0.1) is 12.8 Å². The minimum Gasteiger partial charge on any atom is -0.497 e. The van der Waals surface area contributed by atoms with Crippen molar-refractivity contribution in [3.63, 3.8) is 0 Å². The van der Waals surface area contributed by atoms with Crippen LogP contribution < -0.4 is 19.7 Å². The lowest BCUT2D eigenvalue weighted by molar-refractivity contribution is -0.122. The van der Waals surface area contributed by atoms with Crippen LogP contribution in [0.1, 0.15) is 11.1 Å². The van der Waals surface area contributed by atoms with Crippen molar-refractivity contribution in [1.82, 2.24) is 5.32 Å². The van der Waals surface area contributed by atoms with E-state index in [9.17, 15) is 23.2 Å². The van der Waals surface area contributed by atoms with Crippen LogP contribution in [0.2, 0.25) is 0 Å². The normalized spacial score (nSPS) is 14.9. The van der Waals surface area contributed by atoms with Crippen molar-refractivity contribution in [2.24, 2.45) is 0 Å². The van der Waals surface area contributed by atoms with Gasteiger partial charge in [0.2, 0.25) is 0 Å². The summed E-state index contributed by atoms with van der Waals surface area (Å²) in [6, 6.07) is 14.6. The molecule has 4 rings (SSSR count). The molecule has 0 saturated carbocycles. The standard InChI is InChI=1S/C25H18F2N2O5/c1-33-18-11-8-16(22(13-18)34-14-15-6-9-17(26)10-7-15)12-19-23(30)28-25(32)29(24(19)31)21-5-3-2-4-20(21)27/h2-13H,14H2,1H3,(H,28,30,32)/b19-12-. The van der Waals surface area contributed by atoms with E-state index in [2.05, 4.69) is 5.32 Å². The van der Waals surface area contributed by atoms with E-state index in [1.54, 1.807) is 30.3 Å². The number of hydrogen-bond acceptors (Lipinski definition) is 5. The molecule has 9 heteroatoms. The highest BCUT2D eigenvalue weighted by atomic mass is 19.1. The first kappa shape index (κ1) is 22.7. The number of nitrogens with one attached hydrogen (secondary N) is 1. The molecule has 3 aromatic carbocycles. The monoisotopic (exact) mass is 464 g/mol. The van der Waals surface area contributed by atoms with Gasteiger partial charge < -0.3 is 9.47 Å². The maximum absolute atomic E-state index is 14.3. The number of barbiturate groups is 1. The molecule has 0 bridgehead atoms. The van der Waals surface area contributed by atoms with Gasteiger partial charge in [-0.2, -0.15) is 0 Å². The van der Waals surface area contributed by atoms with Crippen LogP contribution in [0.3, 0.4) is 0 Å². The van der Waals surface area contributed by atoms with Crippen molar-refractivity contribution in [3.8, 4) is 11.5 Å². The van der Waals surface area contributed by atoms with E-state index in [4.69, 9.17) is 9.47 Å². The molecule has 1 aliphatic rings. The molecule has 1 saturated heterocycles. The Labute approximate surface area is 193 Å². The number of amides is 4. The van der Waals surface area contributed by atoms with Crippen LogP contribution in [0, 0.1) is 11.6 Å². The smallest absolute Gasteiger partial charge is 0.336 e. The molecule has 0 spiro atoms. The Hall–Kier alpha value is -4.53. The summed E-state index contributed by atoms with van der Waals surface area (Å²) < 4.78 is 38.5. The number of ether oxygens (including phenoxy) is 2. The molecule has 172 valence electrons. The topological polar surface area (TPSA) is 84.9 Å². The fraction of sp³-hybridized carbons (Fsp3) is 0.0800. The van der Waals surface area contributed by atoms with Gasteiger partial charge in [0.15, 0.2) is 0 Å². The average Bonchev–Trinajstić information content (AvgIpc) is 2.83. The molecule has 0 aromatic heterocycles. The number of imide groups is 2. The van der Waals surface area contributed by atoms with Crippen molar-refractivity contribution in [2.75, 3.05) is 12.0 Å².